The topological polar surface area (TPSA) is 408 Å². The lowest BCUT2D eigenvalue weighted by atomic mass is 9.84. The Hall–Kier alpha value is -15.9. The average Bonchev–Trinajstić information content (AvgIpc) is 1.69. The molecule has 0 spiro atoms. The number of anilines is 1. The van der Waals surface area contributed by atoms with Crippen molar-refractivity contribution in [3.63, 3.8) is 0 Å². The molecule has 0 aliphatic carbocycles. The molecule has 13 rings (SSSR count). The highest BCUT2D eigenvalue weighted by Gasteiger charge is 2.27. The summed E-state index contributed by atoms with van der Waals surface area (Å²) in [6, 6.07) is 54.3. The number of aromatic hydroxyl groups is 5. The molecule has 0 bridgehead atoms. The van der Waals surface area contributed by atoms with Crippen molar-refractivity contribution in [1.82, 2.24) is 45.0 Å². The fourth-order valence-electron chi connectivity index (χ4n) is 12.2. The van der Waals surface area contributed by atoms with Crippen LogP contribution in [0.4, 0.5) is 5.69 Å². The molecule has 0 aliphatic heterocycles. The van der Waals surface area contributed by atoms with E-state index in [4.69, 9.17) is 54.2 Å². The molecule has 6 N–H and O–H groups in total. The number of ketones is 2. The van der Waals surface area contributed by atoms with E-state index in [2.05, 4.69) is 68.8 Å². The average molecular weight is 1830 g/mol. The van der Waals surface area contributed by atoms with Gasteiger partial charge in [0.15, 0.2) is 11.6 Å². The van der Waals surface area contributed by atoms with E-state index >= 15 is 0 Å². The first kappa shape index (κ1) is 101. The highest BCUT2D eigenvalue weighted by atomic mass is 35.5. The van der Waals surface area contributed by atoms with Gasteiger partial charge < -0.3 is 73.5 Å². The Morgan fingerprint density at radius 1 is 0.398 bits per heavy atom. The maximum Gasteiger partial charge on any atom is 0.333 e. The van der Waals surface area contributed by atoms with Crippen LogP contribution in [0.2, 0.25) is 5.02 Å². The molecule has 1 amide bonds. The monoisotopic (exact) mass is 1830 g/mol. The second kappa shape index (κ2) is 46.9. The van der Waals surface area contributed by atoms with Gasteiger partial charge in [0.2, 0.25) is 0 Å². The van der Waals surface area contributed by atoms with Crippen molar-refractivity contribution in [1.29, 1.82) is 0 Å². The molecule has 13 aromatic rings. The zero-order chi connectivity index (χ0) is 97.0. The minimum absolute atomic E-state index is 0.00408. The highest BCUT2D eigenvalue weighted by molar-refractivity contribution is 6.31. The van der Waals surface area contributed by atoms with Crippen LogP contribution in [0.5, 0.6) is 57.5 Å². The summed E-state index contributed by atoms with van der Waals surface area (Å²) in [5.41, 5.74) is 10.4. The van der Waals surface area contributed by atoms with Crippen molar-refractivity contribution < 1.29 is 102 Å². The Morgan fingerprint density at radius 2 is 0.812 bits per heavy atom. The van der Waals surface area contributed by atoms with Gasteiger partial charge in [-0.05, 0) is 154 Å². The minimum atomic E-state index is -0.528. The summed E-state index contributed by atoms with van der Waals surface area (Å²) in [7, 11) is 3.17. The molecule has 0 saturated heterocycles. The number of phenolic OH excluding ortho intramolecular Hbond substituents is 5. The first-order chi connectivity index (χ1) is 63.2. The highest BCUT2D eigenvalue weighted by Crippen LogP contribution is 2.41. The number of nitrogens with one attached hydrogen (secondary N) is 1. The number of benzene rings is 10. The number of carbonyl (C=O) groups excluding carboxylic acids is 7. The Bertz CT molecular complexity index is 6450. The number of hydrogen-bond donors (Lipinski definition) is 6. The van der Waals surface area contributed by atoms with E-state index in [-0.39, 0.29) is 107 Å². The molecule has 0 atom stereocenters. The summed E-state index contributed by atoms with van der Waals surface area (Å²) in [6.45, 7) is 37.3. The van der Waals surface area contributed by atoms with Gasteiger partial charge in [0.1, 0.15) is 134 Å². The summed E-state index contributed by atoms with van der Waals surface area (Å²) in [5.74, 6) is -0.0875. The second-order valence-electron chi connectivity index (χ2n) is 32.0. The Balaban J connectivity index is 0.000000188. The second-order valence-corrected chi connectivity index (χ2v) is 32.4. The van der Waals surface area contributed by atoms with Gasteiger partial charge in [0.05, 0.1) is 45.2 Å². The van der Waals surface area contributed by atoms with Gasteiger partial charge >= 0.3 is 23.9 Å². The molecule has 32 heteroatoms. The molecule has 692 valence electrons. The number of esters is 4. The van der Waals surface area contributed by atoms with Crippen molar-refractivity contribution in [3.8, 4) is 74.6 Å². The molecule has 133 heavy (non-hydrogen) atoms. The van der Waals surface area contributed by atoms with Gasteiger partial charge in [0.25, 0.3) is 5.91 Å². The zero-order valence-corrected chi connectivity index (χ0v) is 76.6. The molecule has 0 aliphatic rings. The number of carbonyl (C=O) groups is 7. The third-order valence-electron chi connectivity index (χ3n) is 19.1. The predicted octanol–water partition coefficient (Wildman–Crippen LogP) is 18.0. The number of amides is 1. The van der Waals surface area contributed by atoms with Crippen molar-refractivity contribution in [3.05, 3.63) is 299 Å². The first-order valence-corrected chi connectivity index (χ1v) is 42.0. The van der Waals surface area contributed by atoms with E-state index in [1.54, 1.807) is 163 Å². The zero-order valence-electron chi connectivity index (χ0n) is 75.8. The quantitative estimate of drug-likeness (QED) is 0.00569. The lowest BCUT2D eigenvalue weighted by molar-refractivity contribution is -0.140. The summed E-state index contributed by atoms with van der Waals surface area (Å²) < 4.78 is 47.0. The number of hydrogen-bond acceptors (Lipinski definition) is 27. The lowest BCUT2D eigenvalue weighted by Gasteiger charge is -2.23. The van der Waals surface area contributed by atoms with Gasteiger partial charge in [-0.2, -0.15) is 0 Å². The number of fused-ring (bicyclic) bond motifs is 3. The van der Waals surface area contributed by atoms with Gasteiger partial charge in [-0.15, -0.1) is 45.0 Å². The molecule has 3 heterocycles. The van der Waals surface area contributed by atoms with Crippen LogP contribution in [-0.4, -0.2) is 172 Å². The number of aryl methyl sites for hydroxylation is 1. The molecule has 3 aromatic heterocycles. The fraction of sp³-hybridized carbons (Fsp3) is 0.238. The number of nitrogens with zero attached hydrogens (tertiary/aromatic N) is 9. The maximum absolute atomic E-state index is 12.3. The van der Waals surface area contributed by atoms with Crippen LogP contribution in [-0.2, 0) is 60.2 Å². The van der Waals surface area contributed by atoms with Crippen LogP contribution in [0.1, 0.15) is 131 Å². The van der Waals surface area contributed by atoms with Crippen molar-refractivity contribution in [2.24, 2.45) is 0 Å². The van der Waals surface area contributed by atoms with E-state index in [1.165, 1.54) is 44.7 Å². The largest absolute Gasteiger partial charge is 0.507 e. The molecule has 0 radical (unpaired) electrons. The lowest BCUT2D eigenvalue weighted by Crippen LogP contribution is -2.14. The van der Waals surface area contributed by atoms with Crippen LogP contribution in [0.25, 0.3) is 50.2 Å². The Kier molecular flexibility index (Phi) is 35.5. The van der Waals surface area contributed by atoms with E-state index in [9.17, 15) is 59.1 Å². The van der Waals surface area contributed by atoms with Crippen LogP contribution in [0.3, 0.4) is 0 Å². The van der Waals surface area contributed by atoms with Gasteiger partial charge in [-0.3, -0.25) is 14.4 Å². The predicted molar refractivity (Wildman–Crippen MR) is 504 cm³/mol. The van der Waals surface area contributed by atoms with Crippen LogP contribution in [0.15, 0.2) is 255 Å². The van der Waals surface area contributed by atoms with Gasteiger partial charge in [-0.25, -0.2) is 19.2 Å². The molecule has 0 fully saturated rings. The van der Waals surface area contributed by atoms with Crippen molar-refractivity contribution in [2.45, 2.75) is 99.3 Å². The number of phenols is 5. The van der Waals surface area contributed by atoms with E-state index in [0.717, 1.165) is 17.2 Å². The standard InChI is InChI=1S/C24H29N3O5.C23H26ClN3O3.C19H18O5.C18H16O5.C17H16N4O3/c1-15(2)23(29)32-11-7-10-31-17-12-18(24(3,4)5)22(28)21(14-17)27-25-19-9-8-16(30-6)13-20(19)26-27;1-14(2)22(29)30-10-6-7-15-11-17(23(3,4)5)21(28)20(12-15)27-25-18-9-8-16(24)13-19(18)26-27;1-13(2)19(22)24-11-10-23-15-8-9-16(17(20)12-15)18(21)14-6-4-3-5-7-14;1-2-17(20)23-11-10-22-14-8-9-15(16(19)12-14)18(21)13-6-4-3-5-7-13;1-10(2)17(23)18-11-4-7-16(22)15(8-11)21-19-13-6-5-12(24-3)9-14(13)20-21/h8-9,12-14,28H,1,7,10-11H2,2-6H3;8-9,11-13,28H,1,6-7,10H2,2-5H3;3-9,12,20H,1,10-11H2,2H3;2-9,12,19H,1,10-11H2;4-9,22H,1H2,2-3H3,(H,18,23). The van der Waals surface area contributed by atoms with Crippen molar-refractivity contribution >= 4 is 91.7 Å². The summed E-state index contributed by atoms with van der Waals surface area (Å²) in [4.78, 5) is 85.6. The van der Waals surface area contributed by atoms with E-state index in [0.29, 0.717) is 161 Å². The van der Waals surface area contributed by atoms with E-state index in [1.807, 2.05) is 84.0 Å². The Labute approximate surface area is 773 Å². The number of halogens is 1. The van der Waals surface area contributed by atoms with Crippen molar-refractivity contribution in [2.75, 3.05) is 65.8 Å². The maximum atomic E-state index is 12.3. The summed E-state index contributed by atoms with van der Waals surface area (Å²) in [5, 5.41) is 82.1. The van der Waals surface area contributed by atoms with Gasteiger partial charge in [0, 0.05) is 98.1 Å². The molecular formula is C101H105ClN10O21. The third kappa shape index (κ3) is 28.8. The smallest absolute Gasteiger partial charge is 0.333 e. The van der Waals surface area contributed by atoms with Crippen LogP contribution < -0.4 is 29.0 Å². The number of ether oxygens (including phenoxy) is 9. The molecular weight excluding hydrogens is 1720 g/mol. The summed E-state index contributed by atoms with van der Waals surface area (Å²) in [6.07, 6.45) is 2.91. The SMILES string of the molecule is C=C(C)C(=O)Nc1ccc(O)c(-n2nc3ccc(OC)cc3n2)c1.C=C(C)C(=O)OCCCOc1cc(-n2nc3ccc(OC)cc3n2)c(O)c(C(C)(C)C)c1.C=C(C)C(=O)OCCCc1cc(-n2nc3ccc(Cl)cc3n2)c(O)c(C(C)(C)C)c1.C=C(C)C(=O)OCCOc1ccc(C(=O)c2ccccc2)c(O)c1.C=CC(=O)OCCOc1ccc(C(=O)c2ccccc2)c(O)c1. The number of methoxy groups -OCH3 is 2. The minimum Gasteiger partial charge on any atom is -0.507 e. The van der Waals surface area contributed by atoms with E-state index < -0.39 is 17.9 Å². The first-order valence-electron chi connectivity index (χ1n) is 41.6. The molecule has 0 saturated carbocycles. The number of aromatic nitrogens is 9. The summed E-state index contributed by atoms with van der Waals surface area (Å²) >= 11 is 6.06. The fourth-order valence-corrected chi connectivity index (χ4v) is 12.3. The van der Waals surface area contributed by atoms with Crippen LogP contribution in [0, 0.1) is 0 Å². The number of rotatable bonds is 32. The Morgan fingerprint density at radius 3 is 1.26 bits per heavy atom. The molecule has 0 unspecified atom stereocenters. The third-order valence-corrected chi connectivity index (χ3v) is 19.4. The van der Waals surface area contributed by atoms with Gasteiger partial charge in [-0.1, -0.05) is 153 Å². The molecule has 31 nitrogen and oxygen atoms in total. The van der Waals surface area contributed by atoms with Crippen LogP contribution >= 0.6 is 11.6 Å². The normalized spacial score (nSPS) is 10.8. The molecule has 10 aromatic carbocycles.